The number of likely N-dealkylation sites (N-methyl/N-ethyl adjacent to an activating group) is 1. The maximum atomic E-state index is 12.6. The van der Waals surface area contributed by atoms with Gasteiger partial charge in [0.2, 0.25) is 11.9 Å². The predicted octanol–water partition coefficient (Wildman–Crippen LogP) is 3.10. The molecule has 0 spiro atoms. The molecule has 1 amide bonds. The summed E-state index contributed by atoms with van der Waals surface area (Å²) >= 11 is 0. The molecule has 1 aromatic heterocycles. The number of aromatic nitrogens is 2. The molecule has 1 aliphatic carbocycles. The number of benzene rings is 1. The molecule has 154 valence electrons. The number of aromatic amines is 1. The average molecular weight is 395 g/mol. The van der Waals surface area contributed by atoms with E-state index in [9.17, 15) is 9.59 Å². The van der Waals surface area contributed by atoms with Crippen LogP contribution in [0.1, 0.15) is 55.7 Å². The van der Waals surface area contributed by atoms with E-state index in [-0.39, 0.29) is 17.4 Å². The van der Waals surface area contributed by atoms with Crippen LogP contribution in [0.3, 0.4) is 0 Å². The van der Waals surface area contributed by atoms with Gasteiger partial charge in [0, 0.05) is 44.6 Å². The molecular weight excluding hydrogens is 364 g/mol. The van der Waals surface area contributed by atoms with Crippen molar-refractivity contribution in [2.24, 2.45) is 0 Å². The molecule has 2 aromatic rings. The monoisotopic (exact) mass is 394 g/mol. The van der Waals surface area contributed by atoms with Crippen LogP contribution in [0.2, 0.25) is 0 Å². The average Bonchev–Trinajstić information content (AvgIpc) is 3.14. The van der Waals surface area contributed by atoms with E-state index in [0.717, 1.165) is 31.5 Å². The summed E-state index contributed by atoms with van der Waals surface area (Å²) in [5.74, 6) is 0.794. The molecule has 6 heteroatoms. The molecule has 29 heavy (non-hydrogen) atoms. The third kappa shape index (κ3) is 4.69. The zero-order valence-corrected chi connectivity index (χ0v) is 17.1. The first-order valence-electron chi connectivity index (χ1n) is 10.8. The smallest absolute Gasteiger partial charge is 0.252 e. The lowest BCUT2D eigenvalue weighted by Gasteiger charge is -2.31. The van der Waals surface area contributed by atoms with E-state index >= 15 is 0 Å². The lowest BCUT2D eigenvalue weighted by Crippen LogP contribution is -2.37. The van der Waals surface area contributed by atoms with Gasteiger partial charge in [-0.1, -0.05) is 49.6 Å². The van der Waals surface area contributed by atoms with Crippen molar-refractivity contribution in [3.05, 3.63) is 58.0 Å². The second-order valence-corrected chi connectivity index (χ2v) is 8.39. The van der Waals surface area contributed by atoms with E-state index in [1.165, 1.54) is 24.8 Å². The quantitative estimate of drug-likeness (QED) is 0.817. The van der Waals surface area contributed by atoms with Crippen molar-refractivity contribution in [2.75, 3.05) is 25.0 Å². The van der Waals surface area contributed by atoms with Crippen LogP contribution in [0.5, 0.6) is 0 Å². The van der Waals surface area contributed by atoms with Crippen molar-refractivity contribution in [3.8, 4) is 0 Å². The van der Waals surface area contributed by atoms with Gasteiger partial charge in [0.15, 0.2) is 0 Å². The van der Waals surface area contributed by atoms with Gasteiger partial charge < -0.3 is 9.80 Å². The number of nitrogens with one attached hydrogen (secondary N) is 1. The summed E-state index contributed by atoms with van der Waals surface area (Å²) in [5, 5.41) is 0. The number of amides is 1. The normalized spacial score (nSPS) is 20.2. The Morgan fingerprint density at radius 2 is 1.90 bits per heavy atom. The fraction of sp³-hybridized carbons (Fsp3) is 0.522. The van der Waals surface area contributed by atoms with E-state index in [1.807, 2.05) is 35.0 Å². The first kappa shape index (κ1) is 19.7. The van der Waals surface area contributed by atoms with Crippen molar-refractivity contribution >= 4 is 11.9 Å². The maximum Gasteiger partial charge on any atom is 0.252 e. The first-order chi connectivity index (χ1) is 14.1. The molecule has 0 unspecified atom stereocenters. The van der Waals surface area contributed by atoms with Crippen molar-refractivity contribution < 1.29 is 4.79 Å². The minimum absolute atomic E-state index is 0.00741. The highest BCUT2D eigenvalue weighted by molar-refractivity contribution is 5.80. The molecule has 2 aliphatic rings. The van der Waals surface area contributed by atoms with Crippen molar-refractivity contribution in [3.63, 3.8) is 0 Å². The van der Waals surface area contributed by atoms with Gasteiger partial charge in [0.05, 0.1) is 5.69 Å². The molecule has 4 rings (SSSR count). The van der Waals surface area contributed by atoms with Crippen LogP contribution in [0.25, 0.3) is 0 Å². The zero-order valence-electron chi connectivity index (χ0n) is 17.1. The van der Waals surface area contributed by atoms with Crippen LogP contribution in [0.4, 0.5) is 5.95 Å². The van der Waals surface area contributed by atoms with E-state index in [0.29, 0.717) is 25.0 Å². The number of carbonyl (C=O) groups excluding carboxylic acids is 1. The predicted molar refractivity (Wildman–Crippen MR) is 114 cm³/mol. The summed E-state index contributed by atoms with van der Waals surface area (Å²) in [4.78, 5) is 36.5. The highest BCUT2D eigenvalue weighted by Crippen LogP contribution is 2.32. The highest BCUT2D eigenvalue weighted by atomic mass is 16.2. The molecular formula is C23H30N4O2. The standard InChI is InChI=1S/C23H30N4O2/c1-26(13-12-17-8-4-2-5-9-17)23-24-20(15-21(28)25-23)18-14-22(29)27(16-18)19-10-6-3-7-11-19/h2,4-5,8-9,15,18-19H,3,6-7,10-14,16H2,1H3,(H,24,25,28)/t18-/m1/s1. The van der Waals surface area contributed by atoms with Crippen molar-refractivity contribution in [1.29, 1.82) is 0 Å². The fourth-order valence-corrected chi connectivity index (χ4v) is 4.58. The number of hydrogen-bond donors (Lipinski definition) is 1. The van der Waals surface area contributed by atoms with Gasteiger partial charge >= 0.3 is 0 Å². The fourth-order valence-electron chi connectivity index (χ4n) is 4.58. The minimum atomic E-state index is -0.153. The number of likely N-dealkylation sites (tertiary alicyclic amines) is 1. The molecule has 2 fully saturated rings. The summed E-state index contributed by atoms with van der Waals surface area (Å²) in [7, 11) is 1.94. The largest absolute Gasteiger partial charge is 0.345 e. The summed E-state index contributed by atoms with van der Waals surface area (Å²) in [6, 6.07) is 12.2. The van der Waals surface area contributed by atoms with E-state index in [1.54, 1.807) is 6.07 Å². The SMILES string of the molecule is CN(CCc1ccccc1)c1nc([C@@H]2CC(=O)N(C3CCCCC3)C2)cc(=O)[nH]1. The molecule has 1 aliphatic heterocycles. The minimum Gasteiger partial charge on any atom is -0.345 e. The molecule has 0 radical (unpaired) electrons. The Morgan fingerprint density at radius 3 is 2.66 bits per heavy atom. The van der Waals surface area contributed by atoms with Gasteiger partial charge in [0.25, 0.3) is 5.56 Å². The van der Waals surface area contributed by atoms with Gasteiger partial charge in [-0.2, -0.15) is 0 Å². The Labute approximate surface area is 172 Å². The summed E-state index contributed by atoms with van der Waals surface area (Å²) < 4.78 is 0. The van der Waals surface area contributed by atoms with Crippen molar-refractivity contribution in [2.45, 2.75) is 56.9 Å². The Kier molecular flexibility index (Phi) is 5.97. The molecule has 1 aromatic carbocycles. The molecule has 0 bridgehead atoms. The topological polar surface area (TPSA) is 69.3 Å². The lowest BCUT2D eigenvalue weighted by molar-refractivity contribution is -0.130. The number of hydrogen-bond acceptors (Lipinski definition) is 4. The zero-order chi connectivity index (χ0) is 20.2. The molecule has 1 atom stereocenters. The summed E-state index contributed by atoms with van der Waals surface area (Å²) in [6.45, 7) is 1.45. The third-order valence-corrected chi connectivity index (χ3v) is 6.28. The molecule has 6 nitrogen and oxygen atoms in total. The number of H-pyrrole nitrogens is 1. The first-order valence-corrected chi connectivity index (χ1v) is 10.8. The second-order valence-electron chi connectivity index (χ2n) is 8.39. The highest BCUT2D eigenvalue weighted by Gasteiger charge is 2.36. The number of rotatable bonds is 6. The van der Waals surface area contributed by atoms with Crippen LogP contribution in [-0.4, -0.2) is 47.0 Å². The Bertz CT molecular complexity index is 889. The van der Waals surface area contributed by atoms with Gasteiger partial charge in [-0.3, -0.25) is 14.6 Å². The Morgan fingerprint density at radius 1 is 1.14 bits per heavy atom. The Balaban J connectivity index is 1.45. The van der Waals surface area contributed by atoms with Gasteiger partial charge in [-0.05, 0) is 24.8 Å². The summed E-state index contributed by atoms with van der Waals surface area (Å²) in [6.07, 6.45) is 7.24. The third-order valence-electron chi connectivity index (χ3n) is 6.28. The number of nitrogens with zero attached hydrogens (tertiary/aromatic N) is 3. The van der Waals surface area contributed by atoms with Crippen LogP contribution in [-0.2, 0) is 11.2 Å². The van der Waals surface area contributed by atoms with Crippen LogP contribution < -0.4 is 10.5 Å². The maximum absolute atomic E-state index is 12.6. The van der Waals surface area contributed by atoms with Crippen LogP contribution in [0.15, 0.2) is 41.2 Å². The lowest BCUT2D eigenvalue weighted by atomic mass is 9.94. The van der Waals surface area contributed by atoms with E-state index in [4.69, 9.17) is 4.98 Å². The number of anilines is 1. The molecule has 1 saturated heterocycles. The van der Waals surface area contributed by atoms with Gasteiger partial charge in [-0.15, -0.1) is 0 Å². The van der Waals surface area contributed by atoms with Crippen molar-refractivity contribution in [1.82, 2.24) is 14.9 Å². The molecule has 2 heterocycles. The van der Waals surface area contributed by atoms with E-state index < -0.39 is 0 Å². The van der Waals surface area contributed by atoms with Gasteiger partial charge in [-0.25, -0.2) is 4.98 Å². The number of carbonyl (C=O) groups is 1. The summed E-state index contributed by atoms with van der Waals surface area (Å²) in [5.41, 5.74) is 1.84. The van der Waals surface area contributed by atoms with E-state index in [2.05, 4.69) is 17.1 Å². The second kappa shape index (κ2) is 8.80. The van der Waals surface area contributed by atoms with Crippen LogP contribution in [0, 0.1) is 0 Å². The van der Waals surface area contributed by atoms with Gasteiger partial charge in [0.1, 0.15) is 0 Å². The molecule has 1 N–H and O–H groups in total. The molecule has 1 saturated carbocycles. The Hall–Kier alpha value is -2.63. The van der Waals surface area contributed by atoms with Crippen LogP contribution >= 0.6 is 0 Å².